The van der Waals surface area contributed by atoms with Crippen molar-refractivity contribution in [2.75, 3.05) is 13.2 Å². The number of esters is 2. The standard InChI is InChI=1S/C20H38O7S.C4H4O4.C4H10.Na.Sn.3H/c1-5-9-11-16(7-3)14-26-19(21)13-18(28(23,24)25)20(22)27-15-17(8-4)12-10-6-2;5-3(6)1-2-4(7)8;1-3-4-2;;;;;/h16-18H,5-15H2,1-4H3,(H,23,24,25);1-2H,(H,5,6)(H,7,8);3-4H2,1-2H3;;;;;/b;2-1-;;;;;;. The second kappa shape index (κ2) is 33.2. The van der Waals surface area contributed by atoms with Gasteiger partial charge in [-0.2, -0.15) is 8.42 Å². The molecule has 2 radical (unpaired) electrons. The molecule has 14 heteroatoms. The number of unbranched alkanes of at least 4 members (excludes halogenated alkanes) is 3. The van der Waals surface area contributed by atoms with Crippen LogP contribution in [0.2, 0.25) is 0 Å². The molecular formula is C28H55NaO11SSn. The first-order valence-electron chi connectivity index (χ1n) is 14.2. The Bertz CT molecular complexity index is 818. The number of ether oxygens (including phenoxy) is 2. The third-order valence-electron chi connectivity index (χ3n) is 5.87. The normalized spacial score (nSPS) is 12.5. The summed E-state index contributed by atoms with van der Waals surface area (Å²) in [5.41, 5.74) is 0. The summed E-state index contributed by atoms with van der Waals surface area (Å²) in [6.07, 6.45) is 10.5. The summed E-state index contributed by atoms with van der Waals surface area (Å²) >= 11 is 0. The Balaban J connectivity index is -0.000000273. The van der Waals surface area contributed by atoms with Crippen LogP contribution in [-0.2, 0) is 38.8 Å². The predicted octanol–water partition coefficient (Wildman–Crippen LogP) is 4.11. The number of carboxylic acid groups (broad SMARTS) is 2. The van der Waals surface area contributed by atoms with Crippen molar-refractivity contribution in [3.05, 3.63) is 12.2 Å². The van der Waals surface area contributed by atoms with E-state index in [1.54, 1.807) is 0 Å². The first kappa shape index (κ1) is 50.9. The van der Waals surface area contributed by atoms with Crippen LogP contribution in [0.15, 0.2) is 12.2 Å². The van der Waals surface area contributed by atoms with Crippen LogP contribution in [0, 0.1) is 11.8 Å². The van der Waals surface area contributed by atoms with E-state index in [-0.39, 0.29) is 78.5 Å². The molecule has 0 saturated carbocycles. The number of carbonyl (C=O) groups is 4. The molecule has 42 heavy (non-hydrogen) atoms. The van der Waals surface area contributed by atoms with E-state index in [9.17, 15) is 32.1 Å². The molecule has 3 N–H and O–H groups in total. The molecule has 0 aromatic rings. The van der Waals surface area contributed by atoms with Gasteiger partial charge in [-0.05, 0) is 24.7 Å². The zero-order valence-corrected chi connectivity index (χ0v) is 30.7. The quantitative estimate of drug-likeness (QED) is 0.0751. The van der Waals surface area contributed by atoms with Crippen LogP contribution in [0.25, 0.3) is 0 Å². The van der Waals surface area contributed by atoms with Gasteiger partial charge in [0.15, 0.2) is 5.25 Å². The molecule has 0 amide bonds. The van der Waals surface area contributed by atoms with Crippen LogP contribution in [0.4, 0.5) is 0 Å². The molecule has 3 unspecified atom stereocenters. The van der Waals surface area contributed by atoms with Crippen LogP contribution < -0.4 is 0 Å². The number of carbonyl (C=O) groups excluding carboxylic acids is 2. The van der Waals surface area contributed by atoms with Gasteiger partial charge in [-0.15, -0.1) is 0 Å². The molecule has 3 atom stereocenters. The summed E-state index contributed by atoms with van der Waals surface area (Å²) in [4.78, 5) is 43.3. The molecule has 0 aliphatic carbocycles. The fraction of sp³-hybridized carbons (Fsp3) is 0.786. The Morgan fingerprint density at radius 3 is 1.38 bits per heavy atom. The monoisotopic (exact) mass is 742 g/mol. The third kappa shape index (κ3) is 33.8. The van der Waals surface area contributed by atoms with Gasteiger partial charge in [0.05, 0.1) is 19.6 Å². The molecule has 11 nitrogen and oxygen atoms in total. The van der Waals surface area contributed by atoms with Gasteiger partial charge in [0.1, 0.15) is 0 Å². The van der Waals surface area contributed by atoms with Crippen molar-refractivity contribution in [3.8, 4) is 0 Å². The predicted molar refractivity (Wildman–Crippen MR) is 169 cm³/mol. The number of aliphatic carboxylic acids is 2. The second-order valence-corrected chi connectivity index (χ2v) is 11.0. The molecule has 0 fully saturated rings. The summed E-state index contributed by atoms with van der Waals surface area (Å²) in [5, 5.41) is 13.7. The molecule has 0 aromatic heterocycles. The van der Waals surface area contributed by atoms with E-state index in [0.717, 1.165) is 51.4 Å². The van der Waals surface area contributed by atoms with E-state index < -0.39 is 45.7 Å². The number of carboxylic acids is 2. The maximum absolute atomic E-state index is 12.2. The maximum atomic E-state index is 12.2. The zero-order valence-electron chi connectivity index (χ0n) is 25.8. The Hall–Kier alpha value is -0.671. The molecule has 0 aliphatic heterocycles. The molecule has 244 valence electrons. The molecule has 0 saturated heterocycles. The van der Waals surface area contributed by atoms with Crippen molar-refractivity contribution < 1.29 is 51.8 Å². The minimum absolute atomic E-state index is 0. The summed E-state index contributed by atoms with van der Waals surface area (Å²) in [7, 11) is -4.76. The van der Waals surface area contributed by atoms with Crippen molar-refractivity contribution in [1.29, 1.82) is 0 Å². The number of rotatable bonds is 19. The van der Waals surface area contributed by atoms with Gasteiger partial charge in [0.2, 0.25) is 0 Å². The first-order valence-corrected chi connectivity index (χ1v) is 15.7. The van der Waals surface area contributed by atoms with Gasteiger partial charge in [-0.1, -0.05) is 92.9 Å². The van der Waals surface area contributed by atoms with Gasteiger partial charge in [0.25, 0.3) is 10.1 Å². The summed E-state index contributed by atoms with van der Waals surface area (Å²) in [6.45, 7) is 12.7. The fourth-order valence-electron chi connectivity index (χ4n) is 2.96. The summed E-state index contributed by atoms with van der Waals surface area (Å²) in [5.74, 6) is -4.12. The Labute approximate surface area is 291 Å². The minimum atomic E-state index is -4.76. The van der Waals surface area contributed by atoms with Crippen LogP contribution in [0.5, 0.6) is 0 Å². The van der Waals surface area contributed by atoms with Crippen molar-refractivity contribution >= 4 is 87.5 Å². The average molecular weight is 742 g/mol. The zero-order chi connectivity index (χ0) is 31.6. The van der Waals surface area contributed by atoms with Gasteiger partial charge >= 0.3 is 77.3 Å². The van der Waals surface area contributed by atoms with E-state index in [1.165, 1.54) is 12.8 Å². The van der Waals surface area contributed by atoms with E-state index in [1.807, 2.05) is 13.8 Å². The SMILES string of the molecule is CCCC.CCCCC(CC)COC(=O)CC(C(=O)OCC(CC)CCCC)S(=O)(=O)O.O=C(O)/C=C\C(=O)O.[NaH].[SnH2]. The first-order chi connectivity index (χ1) is 18.7. The van der Waals surface area contributed by atoms with Gasteiger partial charge in [-0.25, -0.2) is 9.59 Å². The molecule has 0 bridgehead atoms. The van der Waals surface area contributed by atoms with E-state index in [4.69, 9.17) is 19.7 Å². The number of hydrogen-bond donors (Lipinski definition) is 3. The average Bonchev–Trinajstić information content (AvgIpc) is 2.90. The molecule has 0 aromatic carbocycles. The van der Waals surface area contributed by atoms with Crippen LogP contribution in [-0.4, -0.2) is 119 Å². The molecular weight excluding hydrogens is 686 g/mol. The van der Waals surface area contributed by atoms with Crippen molar-refractivity contribution in [2.24, 2.45) is 11.8 Å². The Morgan fingerprint density at radius 1 is 0.714 bits per heavy atom. The topological polar surface area (TPSA) is 182 Å². The van der Waals surface area contributed by atoms with Gasteiger partial charge in [0, 0.05) is 12.2 Å². The van der Waals surface area contributed by atoms with Gasteiger partial charge < -0.3 is 19.7 Å². The molecule has 0 heterocycles. The van der Waals surface area contributed by atoms with Crippen LogP contribution in [0.3, 0.4) is 0 Å². The summed E-state index contributed by atoms with van der Waals surface area (Å²) < 4.78 is 42.8. The van der Waals surface area contributed by atoms with Gasteiger partial charge in [-0.3, -0.25) is 14.1 Å². The molecule has 0 rings (SSSR count). The van der Waals surface area contributed by atoms with E-state index in [0.29, 0.717) is 12.2 Å². The molecule has 0 spiro atoms. The van der Waals surface area contributed by atoms with Crippen molar-refractivity contribution in [2.45, 2.75) is 117 Å². The second-order valence-electron chi connectivity index (χ2n) is 9.36. The van der Waals surface area contributed by atoms with Crippen molar-refractivity contribution in [3.63, 3.8) is 0 Å². The van der Waals surface area contributed by atoms with E-state index in [2.05, 4.69) is 27.7 Å². The molecule has 0 aliphatic rings. The third-order valence-corrected chi connectivity index (χ3v) is 6.95. The number of hydrogen-bond acceptors (Lipinski definition) is 8. The fourth-order valence-corrected chi connectivity index (χ4v) is 3.62. The Kier molecular flexibility index (Phi) is 40.3. The summed E-state index contributed by atoms with van der Waals surface area (Å²) in [6, 6.07) is 0. The Morgan fingerprint density at radius 2 is 1.10 bits per heavy atom. The van der Waals surface area contributed by atoms with Crippen LogP contribution >= 0.6 is 0 Å². The van der Waals surface area contributed by atoms with Crippen molar-refractivity contribution in [1.82, 2.24) is 0 Å². The van der Waals surface area contributed by atoms with Crippen LogP contribution in [0.1, 0.15) is 112 Å². The van der Waals surface area contributed by atoms with E-state index >= 15 is 0 Å².